The van der Waals surface area contributed by atoms with Crippen LogP contribution >= 0.6 is 23.2 Å². The van der Waals surface area contributed by atoms with Gasteiger partial charge in [0.05, 0.1) is 0 Å². The van der Waals surface area contributed by atoms with E-state index in [2.05, 4.69) is 0 Å². The minimum Gasteiger partial charge on any atom is -0.207 e. The van der Waals surface area contributed by atoms with Gasteiger partial charge in [-0.3, -0.25) is 0 Å². The van der Waals surface area contributed by atoms with Gasteiger partial charge in [-0.15, -0.1) is 11.6 Å². The molecule has 17 heavy (non-hydrogen) atoms. The summed E-state index contributed by atoms with van der Waals surface area (Å²) in [6.07, 6.45) is 6.85. The van der Waals surface area contributed by atoms with E-state index in [1.807, 2.05) is 0 Å². The van der Waals surface area contributed by atoms with Crippen molar-refractivity contribution in [2.24, 2.45) is 5.92 Å². The smallest absolute Gasteiger partial charge is 0.124 e. The molecule has 0 aromatic heterocycles. The van der Waals surface area contributed by atoms with Crippen molar-refractivity contribution < 1.29 is 4.39 Å². The SMILES string of the molecule is Fc1ccc(CC2CCCCCC2Cl)c(Cl)c1. The molecule has 3 heteroatoms. The standard InChI is InChI=1S/C14H17Cl2F/c15-13-5-3-1-2-4-10(13)8-11-6-7-12(17)9-14(11)16/h6-7,9-10,13H,1-5,8H2. The summed E-state index contributed by atoms with van der Waals surface area (Å²) in [5.74, 6) is 0.198. The maximum atomic E-state index is 13.0. The molecule has 0 saturated heterocycles. The van der Waals surface area contributed by atoms with Gasteiger partial charge in [-0.05, 0) is 42.9 Å². The van der Waals surface area contributed by atoms with Crippen LogP contribution in [0.1, 0.15) is 37.7 Å². The van der Waals surface area contributed by atoms with Gasteiger partial charge < -0.3 is 0 Å². The summed E-state index contributed by atoms with van der Waals surface area (Å²) < 4.78 is 13.0. The number of alkyl halides is 1. The molecule has 2 atom stereocenters. The summed E-state index contributed by atoms with van der Waals surface area (Å²) >= 11 is 12.5. The Kier molecular flexibility index (Phi) is 4.69. The molecular weight excluding hydrogens is 258 g/mol. The van der Waals surface area contributed by atoms with E-state index in [9.17, 15) is 4.39 Å². The van der Waals surface area contributed by atoms with Crippen molar-refractivity contribution in [3.8, 4) is 0 Å². The van der Waals surface area contributed by atoms with Crippen LogP contribution in [-0.4, -0.2) is 5.38 Å². The Morgan fingerprint density at radius 2 is 1.94 bits per heavy atom. The van der Waals surface area contributed by atoms with Crippen LogP contribution in [0.25, 0.3) is 0 Å². The van der Waals surface area contributed by atoms with Crippen LogP contribution in [-0.2, 0) is 6.42 Å². The largest absolute Gasteiger partial charge is 0.207 e. The fourth-order valence-electron chi connectivity index (χ4n) is 2.54. The van der Waals surface area contributed by atoms with Gasteiger partial charge in [-0.25, -0.2) is 4.39 Å². The molecule has 0 nitrogen and oxygen atoms in total. The lowest BCUT2D eigenvalue weighted by Crippen LogP contribution is -2.16. The predicted octanol–water partition coefficient (Wildman–Crippen LogP) is 5.21. The van der Waals surface area contributed by atoms with E-state index in [4.69, 9.17) is 23.2 Å². The number of hydrogen-bond donors (Lipinski definition) is 0. The molecule has 0 N–H and O–H groups in total. The molecule has 0 aliphatic heterocycles. The highest BCUT2D eigenvalue weighted by atomic mass is 35.5. The van der Waals surface area contributed by atoms with Gasteiger partial charge in [0.1, 0.15) is 5.82 Å². The van der Waals surface area contributed by atoms with Crippen molar-refractivity contribution in [3.63, 3.8) is 0 Å². The summed E-state index contributed by atoms with van der Waals surface area (Å²) in [5.41, 5.74) is 1.02. The topological polar surface area (TPSA) is 0 Å². The molecule has 1 saturated carbocycles. The highest BCUT2D eigenvalue weighted by Gasteiger charge is 2.22. The first-order valence-electron chi connectivity index (χ1n) is 6.25. The zero-order valence-corrected chi connectivity index (χ0v) is 11.3. The maximum absolute atomic E-state index is 13.0. The molecular formula is C14H17Cl2F. The summed E-state index contributed by atoms with van der Waals surface area (Å²) in [7, 11) is 0. The summed E-state index contributed by atoms with van der Waals surface area (Å²) in [5, 5.41) is 0.761. The van der Waals surface area contributed by atoms with Gasteiger partial charge in [-0.1, -0.05) is 36.9 Å². The molecule has 1 fully saturated rings. The number of hydrogen-bond acceptors (Lipinski definition) is 0. The molecule has 0 amide bonds. The van der Waals surface area contributed by atoms with E-state index in [0.29, 0.717) is 10.9 Å². The average molecular weight is 275 g/mol. The van der Waals surface area contributed by atoms with Crippen molar-refractivity contribution in [2.75, 3.05) is 0 Å². The first-order valence-corrected chi connectivity index (χ1v) is 7.06. The van der Waals surface area contributed by atoms with Crippen molar-refractivity contribution in [2.45, 2.75) is 43.9 Å². The fourth-order valence-corrected chi connectivity index (χ4v) is 3.15. The van der Waals surface area contributed by atoms with Crippen LogP contribution < -0.4 is 0 Å². The lowest BCUT2D eigenvalue weighted by Gasteiger charge is -2.20. The Morgan fingerprint density at radius 1 is 1.18 bits per heavy atom. The molecule has 0 heterocycles. The molecule has 1 aromatic carbocycles. The van der Waals surface area contributed by atoms with Gasteiger partial charge in [0.25, 0.3) is 0 Å². The fraction of sp³-hybridized carbons (Fsp3) is 0.571. The summed E-state index contributed by atoms with van der Waals surface area (Å²) in [6, 6.07) is 4.64. The lowest BCUT2D eigenvalue weighted by atomic mass is 9.92. The first kappa shape index (κ1) is 13.2. The normalized spacial score (nSPS) is 25.6. The Balaban J connectivity index is 2.08. The minimum atomic E-state index is -0.276. The van der Waals surface area contributed by atoms with Crippen molar-refractivity contribution in [1.29, 1.82) is 0 Å². The van der Waals surface area contributed by atoms with Gasteiger partial charge in [0.2, 0.25) is 0 Å². The second-order valence-electron chi connectivity index (χ2n) is 4.85. The van der Waals surface area contributed by atoms with Gasteiger partial charge in [0, 0.05) is 10.4 Å². The van der Waals surface area contributed by atoms with Gasteiger partial charge in [-0.2, -0.15) is 0 Å². The second-order valence-corrected chi connectivity index (χ2v) is 5.82. The van der Waals surface area contributed by atoms with Crippen molar-refractivity contribution >= 4 is 23.2 Å². The number of benzene rings is 1. The quantitative estimate of drug-likeness (QED) is 0.513. The van der Waals surface area contributed by atoms with E-state index in [-0.39, 0.29) is 11.2 Å². The average Bonchev–Trinajstić information content (AvgIpc) is 2.48. The van der Waals surface area contributed by atoms with Crippen LogP contribution in [0.15, 0.2) is 18.2 Å². The predicted molar refractivity (Wildman–Crippen MR) is 71.3 cm³/mol. The molecule has 2 unspecified atom stereocenters. The van der Waals surface area contributed by atoms with Crippen LogP contribution in [0.5, 0.6) is 0 Å². The van der Waals surface area contributed by atoms with Gasteiger partial charge >= 0.3 is 0 Å². The zero-order chi connectivity index (χ0) is 12.3. The van der Waals surface area contributed by atoms with Crippen molar-refractivity contribution in [3.05, 3.63) is 34.6 Å². The molecule has 94 valence electrons. The molecule has 2 rings (SSSR count). The van der Waals surface area contributed by atoms with Crippen molar-refractivity contribution in [1.82, 2.24) is 0 Å². The third-order valence-electron chi connectivity index (χ3n) is 3.56. The molecule has 0 spiro atoms. The number of halogens is 3. The van der Waals surface area contributed by atoms with Crippen LogP contribution in [0.3, 0.4) is 0 Å². The van der Waals surface area contributed by atoms with Crippen LogP contribution in [0.4, 0.5) is 4.39 Å². The summed E-state index contributed by atoms with van der Waals surface area (Å²) in [4.78, 5) is 0. The summed E-state index contributed by atoms with van der Waals surface area (Å²) in [6.45, 7) is 0. The molecule has 0 bridgehead atoms. The van der Waals surface area contributed by atoms with Crippen LogP contribution in [0, 0.1) is 11.7 Å². The second kappa shape index (κ2) is 6.06. The third-order valence-corrected chi connectivity index (χ3v) is 4.49. The highest BCUT2D eigenvalue weighted by Crippen LogP contribution is 2.32. The Hall–Kier alpha value is -0.270. The Bertz CT molecular complexity index is 378. The molecule has 1 aromatic rings. The molecule has 1 aliphatic rings. The van der Waals surface area contributed by atoms with Gasteiger partial charge in [0.15, 0.2) is 0 Å². The van der Waals surface area contributed by atoms with E-state index in [1.54, 1.807) is 6.07 Å². The third kappa shape index (κ3) is 3.59. The lowest BCUT2D eigenvalue weighted by molar-refractivity contribution is 0.465. The molecule has 1 aliphatic carbocycles. The maximum Gasteiger partial charge on any atom is 0.124 e. The number of rotatable bonds is 2. The zero-order valence-electron chi connectivity index (χ0n) is 9.76. The monoisotopic (exact) mass is 274 g/mol. The van der Waals surface area contributed by atoms with E-state index < -0.39 is 0 Å². The first-order chi connectivity index (χ1) is 8.16. The van der Waals surface area contributed by atoms with Crippen LogP contribution in [0.2, 0.25) is 5.02 Å². The Morgan fingerprint density at radius 3 is 2.71 bits per heavy atom. The highest BCUT2D eigenvalue weighted by molar-refractivity contribution is 6.31. The Labute approximate surface area is 112 Å². The van der Waals surface area contributed by atoms with E-state index >= 15 is 0 Å². The minimum absolute atomic E-state index is 0.235. The molecule has 0 radical (unpaired) electrons. The van der Waals surface area contributed by atoms with E-state index in [1.165, 1.54) is 31.4 Å². The van der Waals surface area contributed by atoms with E-state index in [0.717, 1.165) is 24.8 Å².